The molecule has 1 rings (SSSR count). The van der Waals surface area contributed by atoms with E-state index in [0.717, 1.165) is 0 Å². The lowest BCUT2D eigenvalue weighted by Gasteiger charge is -1.90. The minimum absolute atomic E-state index is 0. The molecule has 0 aliphatic heterocycles. The highest BCUT2D eigenvalue weighted by molar-refractivity contribution is 5.33. The van der Waals surface area contributed by atoms with Gasteiger partial charge in [0.2, 0.25) is 0 Å². The molecule has 0 saturated heterocycles. The lowest BCUT2D eigenvalue weighted by molar-refractivity contribution is 1.40. The average Bonchev–Trinajstić information content (AvgIpc) is 2.24. The normalized spacial score (nSPS) is 6.53. The van der Waals surface area contributed by atoms with Crippen LogP contribution in [0.3, 0.4) is 0 Å². The van der Waals surface area contributed by atoms with Gasteiger partial charge in [0.25, 0.3) is 0 Å². The van der Waals surface area contributed by atoms with Gasteiger partial charge in [-0.2, -0.15) is 0 Å². The zero-order valence-electron chi connectivity index (χ0n) is 9.39. The maximum atomic E-state index is 4.78. The summed E-state index contributed by atoms with van der Waals surface area (Å²) in [6.07, 6.45) is 4.78. The Balaban J connectivity index is -0.000000208. The van der Waals surface area contributed by atoms with Gasteiger partial charge in [0.05, 0.1) is 0 Å². The summed E-state index contributed by atoms with van der Waals surface area (Å²) in [7, 11) is 0. The Morgan fingerprint density at radius 3 is 1.73 bits per heavy atom. The van der Waals surface area contributed by atoms with E-state index >= 15 is 0 Å². The molecule has 0 N–H and O–H groups in total. The second-order valence-corrected chi connectivity index (χ2v) is 2.92. The monoisotopic (exact) mass is 198 g/mol. The van der Waals surface area contributed by atoms with Crippen LogP contribution in [-0.2, 0) is 0 Å². The molecule has 1 aromatic carbocycles. The molecule has 78 valence electrons. The lowest BCUT2D eigenvalue weighted by atomic mass is 10.2. The molecule has 0 fully saturated rings. The van der Waals surface area contributed by atoms with Gasteiger partial charge in [-0.1, -0.05) is 41.3 Å². The first kappa shape index (κ1) is 12.9. The summed E-state index contributed by atoms with van der Waals surface area (Å²) >= 11 is 0. The van der Waals surface area contributed by atoms with Crippen LogP contribution in [0.25, 0.3) is 0 Å². The van der Waals surface area contributed by atoms with Crippen molar-refractivity contribution in [2.75, 3.05) is 0 Å². The minimum atomic E-state index is 0. The van der Waals surface area contributed by atoms with E-state index in [0.29, 0.717) is 0 Å². The standard InChI is InChI=1S/C8H10.C7H4.2H2/c1-7-3-5-8(2)6-4-7;1-3-5-7-6-4-2;;/h3-6H,1-2H3;1H,2H3;2*1H. The third-order valence-corrected chi connectivity index (χ3v) is 1.54. The Hall–Kier alpha value is -2.10. The first-order chi connectivity index (χ1) is 7.20. The van der Waals surface area contributed by atoms with Gasteiger partial charge in [0, 0.05) is 2.85 Å². The van der Waals surface area contributed by atoms with E-state index in [1.807, 2.05) is 0 Å². The summed E-state index contributed by atoms with van der Waals surface area (Å²) in [6.45, 7) is 5.91. The van der Waals surface area contributed by atoms with Gasteiger partial charge in [-0.25, -0.2) is 0 Å². The van der Waals surface area contributed by atoms with Gasteiger partial charge in [0.15, 0.2) is 0 Å². The third-order valence-electron chi connectivity index (χ3n) is 1.54. The largest absolute Gasteiger partial charge is 0.106 e. The van der Waals surface area contributed by atoms with E-state index in [9.17, 15) is 0 Å². The molecule has 15 heavy (non-hydrogen) atoms. The zero-order chi connectivity index (χ0) is 11.5. The number of hydrogen-bond donors (Lipinski definition) is 0. The Labute approximate surface area is 95.7 Å². The van der Waals surface area contributed by atoms with E-state index in [-0.39, 0.29) is 2.85 Å². The van der Waals surface area contributed by atoms with Crippen LogP contribution in [0.15, 0.2) is 24.3 Å². The molecular weight excluding hydrogens is 180 g/mol. The topological polar surface area (TPSA) is 0 Å². The molecule has 0 amide bonds. The molecule has 0 atom stereocenters. The van der Waals surface area contributed by atoms with Crippen LogP contribution in [-0.4, -0.2) is 0 Å². The van der Waals surface area contributed by atoms with E-state index in [2.05, 4.69) is 67.7 Å². The Kier molecular flexibility index (Phi) is 7.31. The maximum absolute atomic E-state index is 4.78. The van der Waals surface area contributed by atoms with Gasteiger partial charge >= 0.3 is 0 Å². The highest BCUT2D eigenvalue weighted by Crippen LogP contribution is 1.99. The molecule has 0 radical (unpaired) electrons. The molecule has 0 saturated carbocycles. The van der Waals surface area contributed by atoms with Crippen LogP contribution in [0.2, 0.25) is 0 Å². The van der Waals surface area contributed by atoms with Crippen LogP contribution in [0.4, 0.5) is 0 Å². The molecule has 0 heteroatoms. The van der Waals surface area contributed by atoms with Gasteiger partial charge in [-0.15, -0.1) is 6.42 Å². The van der Waals surface area contributed by atoms with Crippen molar-refractivity contribution in [3.05, 3.63) is 35.4 Å². The van der Waals surface area contributed by atoms with E-state index in [1.54, 1.807) is 6.92 Å². The molecule has 1 aromatic rings. The summed E-state index contributed by atoms with van der Waals surface area (Å²) in [5.74, 6) is 12.0. The first-order valence-corrected chi connectivity index (χ1v) is 4.61. The van der Waals surface area contributed by atoms with Gasteiger partial charge in [-0.05, 0) is 44.5 Å². The summed E-state index contributed by atoms with van der Waals surface area (Å²) in [6, 6.07) is 8.48. The second-order valence-electron chi connectivity index (χ2n) is 2.92. The fourth-order valence-electron chi connectivity index (χ4n) is 0.767. The van der Waals surface area contributed by atoms with Crippen LogP contribution in [0.1, 0.15) is 20.9 Å². The molecule has 0 bridgehead atoms. The highest BCUT2D eigenvalue weighted by Gasteiger charge is 1.79. The molecule has 0 aromatic heterocycles. The highest BCUT2D eigenvalue weighted by atomic mass is 13.9. The van der Waals surface area contributed by atoms with Crippen LogP contribution in [0.5, 0.6) is 0 Å². The van der Waals surface area contributed by atoms with Crippen molar-refractivity contribution in [3.8, 4) is 36.0 Å². The fourth-order valence-corrected chi connectivity index (χ4v) is 0.767. The van der Waals surface area contributed by atoms with Crippen molar-refractivity contribution in [3.63, 3.8) is 0 Å². The molecule has 0 nitrogen and oxygen atoms in total. The van der Waals surface area contributed by atoms with Crippen molar-refractivity contribution in [1.29, 1.82) is 0 Å². The minimum Gasteiger partial charge on any atom is -0.106 e. The number of rotatable bonds is 0. The fraction of sp³-hybridized carbons (Fsp3) is 0.200. The van der Waals surface area contributed by atoms with E-state index in [4.69, 9.17) is 6.42 Å². The average molecular weight is 198 g/mol. The summed E-state index contributed by atoms with van der Waals surface area (Å²) < 4.78 is 0. The maximum Gasteiger partial charge on any atom is 0 e. The van der Waals surface area contributed by atoms with Gasteiger partial charge in [-0.3, -0.25) is 0 Å². The van der Waals surface area contributed by atoms with Crippen molar-refractivity contribution in [2.45, 2.75) is 20.8 Å². The van der Waals surface area contributed by atoms with E-state index < -0.39 is 0 Å². The Bertz CT molecular complexity index is 421. The Morgan fingerprint density at radius 2 is 1.40 bits per heavy atom. The van der Waals surface area contributed by atoms with Crippen molar-refractivity contribution >= 4 is 0 Å². The molecule has 0 spiro atoms. The number of aryl methyl sites for hydroxylation is 2. The van der Waals surface area contributed by atoms with E-state index in [1.165, 1.54) is 11.1 Å². The van der Waals surface area contributed by atoms with Crippen molar-refractivity contribution in [1.82, 2.24) is 0 Å². The van der Waals surface area contributed by atoms with Gasteiger partial charge in [0.1, 0.15) is 0 Å². The second kappa shape index (κ2) is 8.50. The molecule has 0 aliphatic carbocycles. The predicted molar refractivity (Wildman–Crippen MR) is 70.2 cm³/mol. The Morgan fingerprint density at radius 1 is 0.933 bits per heavy atom. The molecule has 0 aliphatic rings. The molecule has 0 heterocycles. The number of hydrogen-bond acceptors (Lipinski definition) is 0. The van der Waals surface area contributed by atoms with Crippen LogP contribution in [0, 0.1) is 49.9 Å². The zero-order valence-corrected chi connectivity index (χ0v) is 9.39. The number of terminal acetylenes is 1. The van der Waals surface area contributed by atoms with Gasteiger partial charge < -0.3 is 0 Å². The first-order valence-electron chi connectivity index (χ1n) is 4.61. The van der Waals surface area contributed by atoms with Crippen LogP contribution >= 0.6 is 0 Å². The third kappa shape index (κ3) is 8.24. The summed E-state index contributed by atoms with van der Waals surface area (Å²) in [5.41, 5.74) is 2.66. The van der Waals surface area contributed by atoms with Crippen LogP contribution < -0.4 is 0 Å². The summed E-state index contributed by atoms with van der Waals surface area (Å²) in [4.78, 5) is 0. The molecule has 0 unspecified atom stereocenters. The molecular formula is C15H18. The summed E-state index contributed by atoms with van der Waals surface area (Å²) in [5, 5.41) is 0. The SMILES string of the molecule is C#CC#CC#CC.Cc1ccc(C)cc1.[HH].[HH]. The smallest absolute Gasteiger partial charge is 0 e. The lowest BCUT2D eigenvalue weighted by Crippen LogP contribution is -1.70. The van der Waals surface area contributed by atoms with Crippen molar-refractivity contribution in [2.24, 2.45) is 0 Å². The number of benzene rings is 1. The predicted octanol–water partition coefficient (Wildman–Crippen LogP) is 3.44. The quantitative estimate of drug-likeness (QED) is 0.560. The van der Waals surface area contributed by atoms with Crippen molar-refractivity contribution < 1.29 is 2.85 Å².